The zero-order valence-electron chi connectivity index (χ0n) is 15.8. The van der Waals surface area contributed by atoms with Gasteiger partial charge < -0.3 is 24.9 Å². The number of hydrogen-bond acceptors (Lipinski definition) is 5. The van der Waals surface area contributed by atoms with Crippen LogP contribution in [0.3, 0.4) is 0 Å². The summed E-state index contributed by atoms with van der Waals surface area (Å²) in [6.07, 6.45) is -3.03. The number of pyridine rings is 1. The molecule has 1 unspecified atom stereocenters. The van der Waals surface area contributed by atoms with Gasteiger partial charge in [-0.3, -0.25) is 9.59 Å². The Hall–Kier alpha value is -2.85. The van der Waals surface area contributed by atoms with Gasteiger partial charge in [-0.05, 0) is 36.6 Å². The molecule has 2 aliphatic rings. The molecule has 1 aliphatic heterocycles. The van der Waals surface area contributed by atoms with Gasteiger partial charge in [-0.15, -0.1) is 0 Å². The summed E-state index contributed by atoms with van der Waals surface area (Å²) in [4.78, 5) is 24.8. The number of nitrogens with one attached hydrogen (secondary N) is 1. The predicted octanol–water partition coefficient (Wildman–Crippen LogP) is 2.49. The zero-order chi connectivity index (χ0) is 21.5. The lowest BCUT2D eigenvalue weighted by Crippen LogP contribution is -2.40. The van der Waals surface area contributed by atoms with Crippen LogP contribution < -0.4 is 16.0 Å². The second-order valence-corrected chi connectivity index (χ2v) is 7.43. The highest BCUT2D eigenvalue weighted by Crippen LogP contribution is 2.42. The highest BCUT2D eigenvalue weighted by Gasteiger charge is 2.47. The molecule has 3 N–H and O–H groups in total. The van der Waals surface area contributed by atoms with Crippen LogP contribution in [0.1, 0.15) is 28.9 Å². The zero-order valence-corrected chi connectivity index (χ0v) is 15.8. The molecular weight excluding hydrogens is 405 g/mol. The van der Waals surface area contributed by atoms with E-state index >= 15 is 0 Å². The van der Waals surface area contributed by atoms with Crippen LogP contribution in [0.25, 0.3) is 11.1 Å². The van der Waals surface area contributed by atoms with Gasteiger partial charge in [-0.2, -0.15) is 13.2 Å². The van der Waals surface area contributed by atoms with E-state index in [0.29, 0.717) is 19.0 Å². The molecule has 1 saturated carbocycles. The largest absolute Gasteiger partial charge is 0.491 e. The molecule has 1 aromatic heterocycles. The number of nitrogens with two attached hydrogens (primary N) is 1. The third kappa shape index (κ3) is 4.19. The van der Waals surface area contributed by atoms with Gasteiger partial charge in [0.25, 0.3) is 11.5 Å². The van der Waals surface area contributed by atoms with Crippen molar-refractivity contribution in [2.45, 2.75) is 30.7 Å². The standard InChI is InChI=1S/C20H19F3N2O5/c21-20(22,23)16-14(7-15(17(24)26)18(27)25-16)11-1-3-12(4-2-11)28-8-13-9-30-19(5-6-19)10-29-13/h1-4,7,13H,5-6,8-10H2,(H2,24,26)(H,25,27). The summed E-state index contributed by atoms with van der Waals surface area (Å²) in [6, 6.07) is 6.65. The number of aromatic amines is 1. The molecule has 0 radical (unpaired) electrons. The Morgan fingerprint density at radius 3 is 2.50 bits per heavy atom. The summed E-state index contributed by atoms with van der Waals surface area (Å²) >= 11 is 0. The fraction of sp³-hybridized carbons (Fsp3) is 0.400. The van der Waals surface area contributed by atoms with E-state index < -0.39 is 28.9 Å². The fourth-order valence-electron chi connectivity index (χ4n) is 3.24. The van der Waals surface area contributed by atoms with Crippen LogP contribution in [0.5, 0.6) is 5.75 Å². The van der Waals surface area contributed by atoms with E-state index in [-0.39, 0.29) is 29.4 Å². The topological polar surface area (TPSA) is 104 Å². The number of carbonyl (C=O) groups excluding carboxylic acids is 1. The molecule has 1 aliphatic carbocycles. The molecule has 1 atom stereocenters. The second-order valence-electron chi connectivity index (χ2n) is 7.43. The van der Waals surface area contributed by atoms with Gasteiger partial charge in [-0.1, -0.05) is 12.1 Å². The lowest BCUT2D eigenvalue weighted by atomic mass is 10.0. The van der Waals surface area contributed by atoms with Gasteiger partial charge in [-0.25, -0.2) is 0 Å². The number of primary amides is 1. The first-order valence-electron chi connectivity index (χ1n) is 9.30. The van der Waals surface area contributed by atoms with Crippen molar-refractivity contribution in [1.82, 2.24) is 4.98 Å². The number of H-pyrrole nitrogens is 1. The molecule has 160 valence electrons. The fourth-order valence-corrected chi connectivity index (χ4v) is 3.24. The molecule has 10 heteroatoms. The Bertz CT molecular complexity index is 1000. The van der Waals surface area contributed by atoms with Crippen molar-refractivity contribution in [3.05, 3.63) is 51.9 Å². The summed E-state index contributed by atoms with van der Waals surface area (Å²) in [5.41, 5.74) is 1.77. The van der Waals surface area contributed by atoms with Gasteiger partial charge in [0.05, 0.1) is 18.8 Å². The summed E-state index contributed by atoms with van der Waals surface area (Å²) in [5, 5.41) is 0. The van der Waals surface area contributed by atoms with Crippen LogP contribution in [0.15, 0.2) is 35.1 Å². The maximum atomic E-state index is 13.4. The molecule has 0 bridgehead atoms. The minimum atomic E-state index is -4.82. The molecule has 7 nitrogen and oxygen atoms in total. The van der Waals surface area contributed by atoms with E-state index in [1.807, 2.05) is 0 Å². The lowest BCUT2D eigenvalue weighted by molar-refractivity contribution is -0.154. The first-order valence-corrected chi connectivity index (χ1v) is 9.30. The van der Waals surface area contributed by atoms with Gasteiger partial charge in [0.15, 0.2) is 0 Å². The Morgan fingerprint density at radius 2 is 1.97 bits per heavy atom. The minimum Gasteiger partial charge on any atom is -0.491 e. The molecule has 2 fully saturated rings. The van der Waals surface area contributed by atoms with E-state index in [4.69, 9.17) is 19.9 Å². The van der Waals surface area contributed by atoms with E-state index in [9.17, 15) is 22.8 Å². The van der Waals surface area contributed by atoms with Crippen LogP contribution in [0.2, 0.25) is 0 Å². The van der Waals surface area contributed by atoms with Crippen molar-refractivity contribution in [3.63, 3.8) is 0 Å². The summed E-state index contributed by atoms with van der Waals surface area (Å²) in [6.45, 7) is 1.21. The highest BCUT2D eigenvalue weighted by atomic mass is 19.4. The maximum absolute atomic E-state index is 13.4. The Balaban J connectivity index is 1.51. The molecule has 4 rings (SSSR count). The number of benzene rings is 1. The third-order valence-corrected chi connectivity index (χ3v) is 5.16. The molecule has 1 saturated heterocycles. The minimum absolute atomic E-state index is 0.102. The number of carbonyl (C=O) groups is 1. The van der Waals surface area contributed by atoms with E-state index in [2.05, 4.69) is 0 Å². The maximum Gasteiger partial charge on any atom is 0.431 e. The molecule has 30 heavy (non-hydrogen) atoms. The van der Waals surface area contributed by atoms with Crippen LogP contribution in [0.4, 0.5) is 13.2 Å². The number of halogens is 3. The van der Waals surface area contributed by atoms with Crippen molar-refractivity contribution in [2.24, 2.45) is 5.73 Å². The number of amides is 1. The molecule has 1 amide bonds. The van der Waals surface area contributed by atoms with Crippen molar-refractivity contribution in [2.75, 3.05) is 19.8 Å². The summed E-state index contributed by atoms with van der Waals surface area (Å²) < 4.78 is 57.2. The molecule has 2 aromatic rings. The van der Waals surface area contributed by atoms with Gasteiger partial charge in [0.1, 0.15) is 29.7 Å². The van der Waals surface area contributed by atoms with E-state index in [1.54, 1.807) is 4.98 Å². The summed E-state index contributed by atoms with van der Waals surface area (Å²) in [7, 11) is 0. The summed E-state index contributed by atoms with van der Waals surface area (Å²) in [5.74, 6) is -0.684. The number of ether oxygens (including phenoxy) is 3. The smallest absolute Gasteiger partial charge is 0.431 e. The average molecular weight is 424 g/mol. The normalized spacial score (nSPS) is 20.2. The molecule has 2 heterocycles. The monoisotopic (exact) mass is 424 g/mol. The number of rotatable bonds is 5. The van der Waals surface area contributed by atoms with Crippen molar-refractivity contribution in [1.29, 1.82) is 0 Å². The first-order chi connectivity index (χ1) is 14.2. The predicted molar refractivity (Wildman–Crippen MR) is 99.2 cm³/mol. The molecular formula is C20H19F3N2O5. The van der Waals surface area contributed by atoms with Crippen LogP contribution in [-0.2, 0) is 15.7 Å². The Kier molecular flexibility index (Phi) is 5.07. The van der Waals surface area contributed by atoms with Crippen molar-refractivity contribution in [3.8, 4) is 16.9 Å². The SMILES string of the molecule is NC(=O)c1cc(-c2ccc(OCC3COC4(CC4)CO3)cc2)c(C(F)(F)F)[nH]c1=O. The quantitative estimate of drug-likeness (QED) is 0.768. The van der Waals surface area contributed by atoms with E-state index in [0.717, 1.165) is 18.9 Å². The van der Waals surface area contributed by atoms with Crippen molar-refractivity contribution < 1.29 is 32.2 Å². The Labute approximate surface area is 168 Å². The van der Waals surface area contributed by atoms with Gasteiger partial charge in [0, 0.05) is 5.56 Å². The van der Waals surface area contributed by atoms with Crippen LogP contribution in [-0.4, -0.2) is 42.4 Å². The van der Waals surface area contributed by atoms with E-state index in [1.165, 1.54) is 24.3 Å². The number of alkyl halides is 3. The van der Waals surface area contributed by atoms with Crippen LogP contribution >= 0.6 is 0 Å². The van der Waals surface area contributed by atoms with Gasteiger partial charge in [0.2, 0.25) is 0 Å². The molecule has 1 spiro atoms. The number of hydrogen-bond donors (Lipinski definition) is 2. The van der Waals surface area contributed by atoms with Gasteiger partial charge >= 0.3 is 6.18 Å². The van der Waals surface area contributed by atoms with Crippen LogP contribution in [0, 0.1) is 0 Å². The van der Waals surface area contributed by atoms with Crippen molar-refractivity contribution >= 4 is 5.91 Å². The third-order valence-electron chi connectivity index (χ3n) is 5.16. The first kappa shape index (κ1) is 20.4. The second kappa shape index (κ2) is 7.44. The lowest BCUT2D eigenvalue weighted by Gasteiger charge is -2.29. The highest BCUT2D eigenvalue weighted by molar-refractivity contribution is 5.94. The average Bonchev–Trinajstić information content (AvgIpc) is 3.46. The number of aromatic nitrogens is 1. The molecule has 1 aromatic carbocycles. The Morgan fingerprint density at radius 1 is 1.27 bits per heavy atom.